The smallest absolute Gasteiger partial charge is 0.350 e. The fraction of sp³-hybridized carbons (Fsp3) is 0.345. The molecule has 220 valence electrons. The topological polar surface area (TPSA) is 178 Å². The van der Waals surface area contributed by atoms with Crippen molar-refractivity contribution >= 4 is 23.4 Å². The first kappa shape index (κ1) is 29.1. The van der Waals surface area contributed by atoms with Gasteiger partial charge >= 0.3 is 11.9 Å². The molecule has 0 radical (unpaired) electrons. The van der Waals surface area contributed by atoms with Gasteiger partial charge in [0, 0.05) is 13.0 Å². The SMILES string of the molecule is CCOC(=O)C(Cc1ccccc1)(OC[C@H]1OC(c2cnc3c(NCc4ccccc4)ncnn23)[C@H](O)[C@@H]1O)C(=O)O. The number of aliphatic hydroxyl groups excluding tert-OH is 2. The van der Waals surface area contributed by atoms with Crippen LogP contribution >= 0.6 is 0 Å². The number of fused-ring (bicyclic) bond motifs is 1. The Morgan fingerprint density at radius 2 is 1.71 bits per heavy atom. The van der Waals surface area contributed by atoms with E-state index in [2.05, 4.69) is 20.4 Å². The van der Waals surface area contributed by atoms with E-state index in [0.717, 1.165) is 5.56 Å². The summed E-state index contributed by atoms with van der Waals surface area (Å²) in [5, 5.41) is 39.3. The molecule has 0 amide bonds. The largest absolute Gasteiger partial charge is 0.479 e. The number of imidazole rings is 1. The number of carbonyl (C=O) groups excluding carboxylic acids is 1. The first-order chi connectivity index (χ1) is 20.3. The summed E-state index contributed by atoms with van der Waals surface area (Å²) in [4.78, 5) is 34.0. The van der Waals surface area contributed by atoms with E-state index < -0.39 is 48.6 Å². The molecular weight excluding hydrogens is 546 g/mol. The van der Waals surface area contributed by atoms with Crippen LogP contribution in [0.3, 0.4) is 0 Å². The van der Waals surface area contributed by atoms with E-state index in [4.69, 9.17) is 14.2 Å². The summed E-state index contributed by atoms with van der Waals surface area (Å²) >= 11 is 0. The Bertz CT molecular complexity index is 1520. The summed E-state index contributed by atoms with van der Waals surface area (Å²) in [5.41, 5.74) is -0.124. The molecule has 13 heteroatoms. The third-order valence-electron chi connectivity index (χ3n) is 7.03. The third-order valence-corrected chi connectivity index (χ3v) is 7.03. The normalized spacial score (nSPS) is 21.6. The van der Waals surface area contributed by atoms with Gasteiger partial charge in [-0.2, -0.15) is 5.10 Å². The lowest BCUT2D eigenvalue weighted by molar-refractivity contribution is -0.193. The number of anilines is 1. The standard InChI is InChI=1S/C29H31N5O8/c1-2-40-28(39)29(27(37)38,13-18-9-5-3-6-10-18)41-16-21-22(35)23(36)24(42-21)20-15-31-26-25(32-17-33-34(20)26)30-14-19-11-7-4-8-12-19/h3-12,15,17,21-24,35-36H,2,13-14,16H2,1H3,(H,37,38)(H,30,32,33)/t21-,22-,23-,24?,29?/m1/s1. The number of carbonyl (C=O) groups is 2. The van der Waals surface area contributed by atoms with Gasteiger partial charge in [0.15, 0.2) is 11.5 Å². The van der Waals surface area contributed by atoms with Gasteiger partial charge < -0.3 is 34.8 Å². The van der Waals surface area contributed by atoms with Crippen LogP contribution in [-0.4, -0.2) is 84.0 Å². The van der Waals surface area contributed by atoms with Gasteiger partial charge in [-0.3, -0.25) is 0 Å². The maximum Gasteiger partial charge on any atom is 0.350 e. The maximum absolute atomic E-state index is 12.9. The van der Waals surface area contributed by atoms with E-state index in [1.807, 2.05) is 30.3 Å². The first-order valence-corrected chi connectivity index (χ1v) is 13.4. The lowest BCUT2D eigenvalue weighted by Crippen LogP contribution is -2.53. The van der Waals surface area contributed by atoms with Crippen molar-refractivity contribution < 1.29 is 39.1 Å². The number of ether oxygens (including phenoxy) is 3. The predicted molar refractivity (Wildman–Crippen MR) is 147 cm³/mol. The molecule has 0 aliphatic carbocycles. The van der Waals surface area contributed by atoms with Crippen molar-refractivity contribution in [1.82, 2.24) is 19.6 Å². The fourth-order valence-corrected chi connectivity index (χ4v) is 4.83. The van der Waals surface area contributed by atoms with Gasteiger partial charge in [-0.05, 0) is 18.1 Å². The molecule has 1 saturated heterocycles. The highest BCUT2D eigenvalue weighted by Gasteiger charge is 2.52. The highest BCUT2D eigenvalue weighted by Crippen LogP contribution is 2.35. The summed E-state index contributed by atoms with van der Waals surface area (Å²) in [6.07, 6.45) is -2.70. The average Bonchev–Trinajstić information content (AvgIpc) is 3.55. The van der Waals surface area contributed by atoms with Crippen molar-refractivity contribution in [2.75, 3.05) is 18.5 Å². The Hall–Kier alpha value is -4.43. The van der Waals surface area contributed by atoms with Crippen LogP contribution in [0.5, 0.6) is 0 Å². The van der Waals surface area contributed by atoms with E-state index in [9.17, 15) is 24.9 Å². The van der Waals surface area contributed by atoms with E-state index >= 15 is 0 Å². The van der Waals surface area contributed by atoms with Gasteiger partial charge in [-0.25, -0.2) is 24.1 Å². The second-order valence-corrected chi connectivity index (χ2v) is 9.77. The van der Waals surface area contributed by atoms with Crippen molar-refractivity contribution in [1.29, 1.82) is 0 Å². The summed E-state index contributed by atoms with van der Waals surface area (Å²) in [6, 6.07) is 18.2. The van der Waals surface area contributed by atoms with E-state index in [1.54, 1.807) is 37.3 Å². The van der Waals surface area contributed by atoms with Gasteiger partial charge in [0.1, 0.15) is 30.7 Å². The van der Waals surface area contributed by atoms with Crippen molar-refractivity contribution in [3.8, 4) is 0 Å². The van der Waals surface area contributed by atoms with Crippen LogP contribution < -0.4 is 5.32 Å². The second kappa shape index (κ2) is 12.6. The molecule has 2 aromatic carbocycles. The van der Waals surface area contributed by atoms with Crippen LogP contribution in [0, 0.1) is 0 Å². The average molecular weight is 578 g/mol. The number of aliphatic hydroxyl groups is 2. The van der Waals surface area contributed by atoms with Crippen molar-refractivity contribution in [2.24, 2.45) is 0 Å². The minimum Gasteiger partial charge on any atom is -0.479 e. The van der Waals surface area contributed by atoms with Crippen LogP contribution in [0.15, 0.2) is 73.2 Å². The summed E-state index contributed by atoms with van der Waals surface area (Å²) in [6.45, 7) is 1.46. The minimum atomic E-state index is -2.40. The number of aromatic nitrogens is 4. The number of aliphatic carboxylic acids is 1. The summed E-state index contributed by atoms with van der Waals surface area (Å²) in [5.74, 6) is -2.18. The lowest BCUT2D eigenvalue weighted by atomic mass is 9.94. The van der Waals surface area contributed by atoms with Crippen molar-refractivity contribution in [3.63, 3.8) is 0 Å². The van der Waals surface area contributed by atoms with Gasteiger partial charge in [0.05, 0.1) is 25.1 Å². The molecule has 4 aromatic rings. The molecular formula is C29H31N5O8. The highest BCUT2D eigenvalue weighted by molar-refractivity contribution is 6.03. The molecule has 1 fully saturated rings. The van der Waals surface area contributed by atoms with E-state index in [0.29, 0.717) is 29.3 Å². The van der Waals surface area contributed by atoms with Crippen molar-refractivity contribution in [3.05, 3.63) is 90.0 Å². The zero-order valence-corrected chi connectivity index (χ0v) is 22.7. The number of nitrogens with zero attached hydrogens (tertiary/aromatic N) is 4. The zero-order chi connectivity index (χ0) is 29.7. The molecule has 3 heterocycles. The van der Waals surface area contributed by atoms with E-state index in [1.165, 1.54) is 17.0 Å². The number of nitrogens with one attached hydrogen (secondary N) is 1. The number of hydrogen-bond donors (Lipinski definition) is 4. The molecule has 4 N–H and O–H groups in total. The number of esters is 1. The molecule has 2 unspecified atom stereocenters. The Morgan fingerprint density at radius 1 is 1.02 bits per heavy atom. The molecule has 0 spiro atoms. The van der Waals surface area contributed by atoms with Crippen LogP contribution in [0.1, 0.15) is 29.8 Å². The minimum absolute atomic E-state index is 0.0618. The molecule has 0 saturated carbocycles. The van der Waals surface area contributed by atoms with Gasteiger partial charge in [-0.15, -0.1) is 0 Å². The first-order valence-electron chi connectivity index (χ1n) is 13.4. The van der Waals surface area contributed by atoms with Crippen LogP contribution in [0.4, 0.5) is 5.82 Å². The number of hydrogen-bond acceptors (Lipinski definition) is 11. The Labute approximate surface area is 240 Å². The molecule has 0 bridgehead atoms. The van der Waals surface area contributed by atoms with E-state index in [-0.39, 0.29) is 13.0 Å². The molecule has 5 rings (SSSR count). The van der Waals surface area contributed by atoms with Crippen LogP contribution in [-0.2, 0) is 36.8 Å². The molecule has 5 atom stereocenters. The summed E-state index contributed by atoms with van der Waals surface area (Å²) in [7, 11) is 0. The molecule has 1 aliphatic heterocycles. The second-order valence-electron chi connectivity index (χ2n) is 9.77. The highest BCUT2D eigenvalue weighted by atomic mass is 16.6. The molecule has 2 aromatic heterocycles. The number of carboxylic acid groups (broad SMARTS) is 1. The number of benzene rings is 2. The monoisotopic (exact) mass is 577 g/mol. The molecule has 1 aliphatic rings. The van der Waals surface area contributed by atoms with Crippen LogP contribution in [0.2, 0.25) is 0 Å². The van der Waals surface area contributed by atoms with Gasteiger partial charge in [-0.1, -0.05) is 60.7 Å². The Kier molecular flexibility index (Phi) is 8.73. The molecule has 13 nitrogen and oxygen atoms in total. The number of carboxylic acids is 1. The Morgan fingerprint density at radius 3 is 2.38 bits per heavy atom. The quantitative estimate of drug-likeness (QED) is 0.141. The molecule has 42 heavy (non-hydrogen) atoms. The maximum atomic E-state index is 12.9. The van der Waals surface area contributed by atoms with Gasteiger partial charge in [0.25, 0.3) is 5.60 Å². The predicted octanol–water partition coefficient (Wildman–Crippen LogP) is 1.54. The zero-order valence-electron chi connectivity index (χ0n) is 22.7. The van der Waals surface area contributed by atoms with Crippen LogP contribution in [0.25, 0.3) is 5.65 Å². The lowest BCUT2D eigenvalue weighted by Gasteiger charge is -2.29. The van der Waals surface area contributed by atoms with Gasteiger partial charge in [0.2, 0.25) is 0 Å². The van der Waals surface area contributed by atoms with Crippen molar-refractivity contribution in [2.45, 2.75) is 49.9 Å². The third kappa shape index (κ3) is 5.81. The summed E-state index contributed by atoms with van der Waals surface area (Å²) < 4.78 is 18.2. The fourth-order valence-electron chi connectivity index (χ4n) is 4.83. The Balaban J connectivity index is 1.35. The number of rotatable bonds is 12.